The Morgan fingerprint density at radius 1 is 0.738 bits per heavy atom. The Bertz CT molecular complexity index is 1130. The van der Waals surface area contributed by atoms with E-state index in [0.717, 1.165) is 37.0 Å². The van der Waals surface area contributed by atoms with Gasteiger partial charge in [-0.1, -0.05) is 72.2 Å². The summed E-state index contributed by atoms with van der Waals surface area (Å²) in [5, 5.41) is 0. The van der Waals surface area contributed by atoms with Crippen molar-refractivity contribution in [3.63, 3.8) is 0 Å². The zero-order valence-electron chi connectivity index (χ0n) is 27.2. The second-order valence-electron chi connectivity index (χ2n) is 12.1. The Morgan fingerprint density at radius 3 is 1.69 bits per heavy atom. The molecule has 0 heterocycles. The van der Waals surface area contributed by atoms with Crippen molar-refractivity contribution >= 4 is 11.8 Å². The van der Waals surface area contributed by atoms with E-state index in [-0.39, 0.29) is 30.0 Å². The average molecular weight is 581 g/mol. The normalized spacial score (nSPS) is 15.5. The number of allylic oxidation sites excluding steroid dienone is 1. The standard InChI is InChI=1S/C36H52O6/c1-10-23-36(9,12-3)33(37)21-22-34(38)42-28(6)25-40-32-19-15-30(16-20-32)35(7,8)29-13-17-31(18-14-29)39-24-27(5)41-26(4)11-2/h13-22,26-28H,10-12,23-25H2,1-9H3/b22-21+. The lowest BCUT2D eigenvalue weighted by atomic mass is 9.78. The number of rotatable bonds is 18. The minimum absolute atomic E-state index is 0.0343. The lowest BCUT2D eigenvalue weighted by Gasteiger charge is -2.27. The molecule has 6 heteroatoms. The summed E-state index contributed by atoms with van der Waals surface area (Å²) < 4.78 is 23.1. The van der Waals surface area contributed by atoms with Crippen LogP contribution >= 0.6 is 0 Å². The van der Waals surface area contributed by atoms with Gasteiger partial charge in [-0.25, -0.2) is 4.79 Å². The SMILES string of the molecule is CCCC(C)(CC)C(=O)/C=C/C(=O)OC(C)COc1ccc(C(C)(C)c2ccc(OCC(C)OC(C)CC)cc2)cc1. The molecule has 232 valence electrons. The van der Waals surface area contributed by atoms with E-state index in [0.29, 0.717) is 12.4 Å². The highest BCUT2D eigenvalue weighted by atomic mass is 16.6. The van der Waals surface area contributed by atoms with Gasteiger partial charge in [0.2, 0.25) is 0 Å². The van der Waals surface area contributed by atoms with Crippen molar-refractivity contribution in [3.05, 3.63) is 71.8 Å². The summed E-state index contributed by atoms with van der Waals surface area (Å²) in [6.45, 7) is 19.1. The van der Waals surface area contributed by atoms with E-state index in [1.165, 1.54) is 17.7 Å². The molecule has 0 fully saturated rings. The molecule has 2 aromatic rings. The van der Waals surface area contributed by atoms with Crippen LogP contribution in [0, 0.1) is 5.41 Å². The van der Waals surface area contributed by atoms with Gasteiger partial charge in [-0.15, -0.1) is 0 Å². The van der Waals surface area contributed by atoms with Crippen molar-refractivity contribution < 1.29 is 28.5 Å². The predicted octanol–water partition coefficient (Wildman–Crippen LogP) is 8.25. The maximum Gasteiger partial charge on any atom is 0.331 e. The van der Waals surface area contributed by atoms with Gasteiger partial charge >= 0.3 is 5.97 Å². The fourth-order valence-electron chi connectivity index (χ4n) is 4.70. The molecule has 0 saturated carbocycles. The van der Waals surface area contributed by atoms with E-state index in [1.54, 1.807) is 6.92 Å². The summed E-state index contributed by atoms with van der Waals surface area (Å²) in [7, 11) is 0. The van der Waals surface area contributed by atoms with Gasteiger partial charge in [0.25, 0.3) is 0 Å². The molecule has 4 unspecified atom stereocenters. The van der Waals surface area contributed by atoms with Crippen LogP contribution in [0.3, 0.4) is 0 Å². The number of carbonyl (C=O) groups is 2. The van der Waals surface area contributed by atoms with Gasteiger partial charge in [-0.05, 0) is 81.5 Å². The number of hydrogen-bond donors (Lipinski definition) is 0. The Hall–Kier alpha value is -3.12. The van der Waals surface area contributed by atoms with Gasteiger partial charge in [0.1, 0.15) is 30.8 Å². The van der Waals surface area contributed by atoms with Crippen LogP contribution in [-0.2, 0) is 24.5 Å². The van der Waals surface area contributed by atoms with Crippen LogP contribution in [0.4, 0.5) is 0 Å². The minimum Gasteiger partial charge on any atom is -0.491 e. The molecule has 0 aliphatic heterocycles. The fourth-order valence-corrected chi connectivity index (χ4v) is 4.70. The van der Waals surface area contributed by atoms with Crippen molar-refractivity contribution in [2.24, 2.45) is 5.41 Å². The third kappa shape index (κ3) is 10.6. The number of esters is 1. The Morgan fingerprint density at radius 2 is 1.24 bits per heavy atom. The molecule has 0 radical (unpaired) electrons. The Balaban J connectivity index is 1.88. The van der Waals surface area contributed by atoms with Crippen LogP contribution in [0.25, 0.3) is 0 Å². The first-order chi connectivity index (χ1) is 19.8. The van der Waals surface area contributed by atoms with Gasteiger partial charge in [0.05, 0.1) is 12.2 Å². The van der Waals surface area contributed by atoms with Gasteiger partial charge in [0, 0.05) is 16.9 Å². The highest BCUT2D eigenvalue weighted by Crippen LogP contribution is 2.33. The molecular weight excluding hydrogens is 528 g/mol. The molecule has 0 saturated heterocycles. The molecule has 0 N–H and O–H groups in total. The van der Waals surface area contributed by atoms with E-state index in [9.17, 15) is 9.59 Å². The van der Waals surface area contributed by atoms with E-state index in [1.807, 2.05) is 45.0 Å². The van der Waals surface area contributed by atoms with Gasteiger partial charge in [-0.2, -0.15) is 0 Å². The quantitative estimate of drug-likeness (QED) is 0.131. The van der Waals surface area contributed by atoms with Gasteiger partial charge in [-0.3, -0.25) is 4.79 Å². The molecule has 0 spiro atoms. The van der Waals surface area contributed by atoms with E-state index in [4.69, 9.17) is 18.9 Å². The van der Waals surface area contributed by atoms with Crippen LogP contribution in [0.5, 0.6) is 11.5 Å². The van der Waals surface area contributed by atoms with E-state index in [2.05, 4.69) is 58.9 Å². The topological polar surface area (TPSA) is 71.1 Å². The molecule has 0 aliphatic carbocycles. The predicted molar refractivity (Wildman–Crippen MR) is 169 cm³/mol. The molecule has 0 aliphatic rings. The zero-order chi connectivity index (χ0) is 31.3. The highest BCUT2D eigenvalue weighted by Gasteiger charge is 2.28. The highest BCUT2D eigenvalue weighted by molar-refractivity contribution is 5.99. The fraction of sp³-hybridized carbons (Fsp3) is 0.556. The average Bonchev–Trinajstić information content (AvgIpc) is 2.98. The molecule has 4 atom stereocenters. The van der Waals surface area contributed by atoms with Crippen LogP contribution < -0.4 is 9.47 Å². The van der Waals surface area contributed by atoms with Crippen molar-refractivity contribution in [2.75, 3.05) is 13.2 Å². The minimum atomic E-state index is -0.545. The van der Waals surface area contributed by atoms with Gasteiger partial charge < -0.3 is 18.9 Å². The van der Waals surface area contributed by atoms with Crippen LogP contribution in [0.1, 0.15) is 99.1 Å². The second kappa shape index (κ2) is 16.5. The number of ketones is 1. The summed E-state index contributed by atoms with van der Waals surface area (Å²) in [6, 6.07) is 16.2. The number of hydrogen-bond acceptors (Lipinski definition) is 6. The molecule has 0 bridgehead atoms. The van der Waals surface area contributed by atoms with Crippen LogP contribution in [0.15, 0.2) is 60.7 Å². The van der Waals surface area contributed by atoms with E-state index >= 15 is 0 Å². The number of benzene rings is 2. The third-order valence-electron chi connectivity index (χ3n) is 8.03. The molecule has 6 nitrogen and oxygen atoms in total. The summed E-state index contributed by atoms with van der Waals surface area (Å²) in [5.41, 5.74) is 1.66. The Labute approximate surface area is 253 Å². The lowest BCUT2D eigenvalue weighted by Crippen LogP contribution is -2.26. The van der Waals surface area contributed by atoms with Crippen molar-refractivity contribution in [1.29, 1.82) is 0 Å². The molecule has 2 rings (SSSR count). The number of ether oxygens (including phenoxy) is 4. The third-order valence-corrected chi connectivity index (χ3v) is 8.03. The first-order valence-corrected chi connectivity index (χ1v) is 15.4. The molecular formula is C36H52O6. The monoisotopic (exact) mass is 580 g/mol. The smallest absolute Gasteiger partial charge is 0.331 e. The van der Waals surface area contributed by atoms with E-state index < -0.39 is 17.5 Å². The van der Waals surface area contributed by atoms with Gasteiger partial charge in [0.15, 0.2) is 5.78 Å². The van der Waals surface area contributed by atoms with Crippen molar-refractivity contribution in [2.45, 2.75) is 112 Å². The lowest BCUT2D eigenvalue weighted by molar-refractivity contribution is -0.143. The molecule has 2 aromatic carbocycles. The second-order valence-corrected chi connectivity index (χ2v) is 12.1. The summed E-state index contributed by atoms with van der Waals surface area (Å²) in [6.07, 6.45) is 5.78. The van der Waals surface area contributed by atoms with Crippen LogP contribution in [-0.4, -0.2) is 43.3 Å². The zero-order valence-corrected chi connectivity index (χ0v) is 27.2. The Kier molecular flexibility index (Phi) is 13.8. The maximum absolute atomic E-state index is 12.5. The molecule has 0 aromatic heterocycles. The largest absolute Gasteiger partial charge is 0.491 e. The van der Waals surface area contributed by atoms with Crippen LogP contribution in [0.2, 0.25) is 0 Å². The van der Waals surface area contributed by atoms with Crippen molar-refractivity contribution in [1.82, 2.24) is 0 Å². The number of carbonyl (C=O) groups excluding carboxylic acids is 2. The molecule has 0 amide bonds. The summed E-state index contributed by atoms with van der Waals surface area (Å²) in [5.74, 6) is 0.929. The summed E-state index contributed by atoms with van der Waals surface area (Å²) in [4.78, 5) is 24.8. The molecule has 42 heavy (non-hydrogen) atoms. The van der Waals surface area contributed by atoms with Crippen molar-refractivity contribution in [3.8, 4) is 11.5 Å². The maximum atomic E-state index is 12.5. The first kappa shape index (κ1) is 35.1. The summed E-state index contributed by atoms with van der Waals surface area (Å²) >= 11 is 0. The first-order valence-electron chi connectivity index (χ1n) is 15.4.